The lowest BCUT2D eigenvalue weighted by Gasteiger charge is -2.46. The van der Waals surface area contributed by atoms with Gasteiger partial charge in [0.25, 0.3) is 0 Å². The van der Waals surface area contributed by atoms with Crippen molar-refractivity contribution >= 4 is 29.0 Å². The van der Waals surface area contributed by atoms with Gasteiger partial charge in [-0.25, -0.2) is 0 Å². The van der Waals surface area contributed by atoms with E-state index in [4.69, 9.17) is 32.7 Å². The van der Waals surface area contributed by atoms with Crippen molar-refractivity contribution in [1.29, 1.82) is 0 Å². The molecule has 0 amide bonds. The van der Waals surface area contributed by atoms with E-state index in [0.717, 1.165) is 5.56 Å². The average Bonchev–Trinajstić information content (AvgIpc) is 2.78. The number of hydrogen-bond donors (Lipinski definition) is 4. The predicted octanol–water partition coefficient (Wildman–Crippen LogP) is 5.77. The number of ketones is 1. The Morgan fingerprint density at radius 2 is 1.50 bits per heavy atom. The van der Waals surface area contributed by atoms with Gasteiger partial charge in [0.1, 0.15) is 39.1 Å². The van der Waals surface area contributed by atoms with Gasteiger partial charge in [0, 0.05) is 29.9 Å². The van der Waals surface area contributed by atoms with Crippen LogP contribution in [-0.2, 0) is 16.6 Å². The van der Waals surface area contributed by atoms with Gasteiger partial charge >= 0.3 is 0 Å². The predicted molar refractivity (Wildman–Crippen MR) is 132 cm³/mol. The first-order chi connectivity index (χ1) is 16.8. The first-order valence-corrected chi connectivity index (χ1v) is 12.1. The third kappa shape index (κ3) is 2.76. The van der Waals surface area contributed by atoms with Crippen LogP contribution < -0.4 is 4.74 Å². The van der Waals surface area contributed by atoms with Crippen LogP contribution in [0.25, 0.3) is 0 Å². The normalized spacial score (nSPS) is 22.7. The second kappa shape index (κ2) is 7.00. The molecule has 4 N–H and O–H groups in total. The summed E-state index contributed by atoms with van der Waals surface area (Å²) in [4.78, 5) is 13.8. The van der Waals surface area contributed by atoms with E-state index in [1.807, 2.05) is 19.9 Å². The average molecular weight is 529 g/mol. The number of benzene rings is 3. The van der Waals surface area contributed by atoms with E-state index in [1.165, 1.54) is 12.1 Å². The van der Waals surface area contributed by atoms with Crippen molar-refractivity contribution < 1.29 is 34.7 Å². The molecule has 2 unspecified atom stereocenters. The van der Waals surface area contributed by atoms with E-state index in [9.17, 15) is 25.2 Å². The van der Waals surface area contributed by atoms with Crippen molar-refractivity contribution in [3.8, 4) is 28.7 Å². The number of carbonyl (C=O) groups is 1. The van der Waals surface area contributed by atoms with Crippen molar-refractivity contribution in [1.82, 2.24) is 0 Å². The summed E-state index contributed by atoms with van der Waals surface area (Å²) in [6, 6.07) is 4.73. The first kappa shape index (κ1) is 23.3. The molecule has 0 radical (unpaired) electrons. The van der Waals surface area contributed by atoms with Crippen molar-refractivity contribution in [3.05, 3.63) is 72.8 Å². The molecule has 2 aliphatic heterocycles. The Labute approximate surface area is 216 Å². The lowest BCUT2D eigenvalue weighted by molar-refractivity contribution is -0.216. The van der Waals surface area contributed by atoms with E-state index < -0.39 is 28.8 Å². The van der Waals surface area contributed by atoms with Gasteiger partial charge in [-0.2, -0.15) is 0 Å². The number of ether oxygens (including phenoxy) is 2. The van der Waals surface area contributed by atoms with E-state index in [1.54, 1.807) is 13.8 Å². The second-order valence-electron chi connectivity index (χ2n) is 10.3. The number of halogens is 2. The summed E-state index contributed by atoms with van der Waals surface area (Å²) < 4.78 is 12.4. The number of hydrogen-bond acceptors (Lipinski definition) is 7. The molecule has 3 aliphatic rings. The zero-order valence-corrected chi connectivity index (χ0v) is 21.3. The molecule has 1 aliphatic carbocycles. The number of carbonyl (C=O) groups excluding carboxylic acids is 1. The molecule has 186 valence electrons. The Kier molecular flexibility index (Phi) is 4.53. The summed E-state index contributed by atoms with van der Waals surface area (Å²) in [7, 11) is 0. The third-order valence-electron chi connectivity index (χ3n) is 7.61. The minimum atomic E-state index is -1.14. The maximum atomic E-state index is 13.8. The number of phenols is 4. The van der Waals surface area contributed by atoms with Crippen LogP contribution in [0, 0.1) is 6.92 Å². The molecule has 0 fully saturated rings. The fourth-order valence-electron chi connectivity index (χ4n) is 5.88. The minimum absolute atomic E-state index is 0.0334. The fourth-order valence-corrected chi connectivity index (χ4v) is 6.23. The highest BCUT2D eigenvalue weighted by atomic mass is 35.5. The Bertz CT molecular complexity index is 1560. The maximum absolute atomic E-state index is 13.8. The lowest BCUT2D eigenvalue weighted by Crippen LogP contribution is -2.47. The summed E-state index contributed by atoms with van der Waals surface area (Å²) in [5.41, 5.74) is 2.35. The molecule has 36 heavy (non-hydrogen) atoms. The molecular formula is C27H22Cl2O7. The molecule has 0 saturated heterocycles. The molecular weight excluding hydrogens is 507 g/mol. The van der Waals surface area contributed by atoms with Crippen molar-refractivity contribution in [2.45, 2.75) is 51.4 Å². The van der Waals surface area contributed by atoms with E-state index in [0.29, 0.717) is 27.8 Å². The van der Waals surface area contributed by atoms with Gasteiger partial charge in [0.05, 0.1) is 11.1 Å². The Balaban J connectivity index is 1.67. The first-order valence-electron chi connectivity index (χ1n) is 11.3. The summed E-state index contributed by atoms with van der Waals surface area (Å²) in [6.45, 7) is 7.21. The zero-order chi connectivity index (χ0) is 26.1. The van der Waals surface area contributed by atoms with Crippen LogP contribution in [0.1, 0.15) is 76.2 Å². The Morgan fingerprint density at radius 1 is 0.889 bits per heavy atom. The van der Waals surface area contributed by atoms with Gasteiger partial charge in [-0.1, -0.05) is 43.1 Å². The van der Waals surface area contributed by atoms with Crippen LogP contribution in [0.4, 0.5) is 0 Å². The summed E-state index contributed by atoms with van der Waals surface area (Å²) >= 11 is 12.5. The van der Waals surface area contributed by atoms with Gasteiger partial charge in [-0.05, 0) is 41.3 Å². The van der Waals surface area contributed by atoms with Crippen LogP contribution in [0.2, 0.25) is 10.0 Å². The summed E-state index contributed by atoms with van der Waals surface area (Å²) in [6.07, 6.45) is -0.585. The third-order valence-corrected chi connectivity index (χ3v) is 8.35. The SMILES string of the molecule is Cc1cc(O)c(Cl)c2c1C1OC(C)(Cc3cc4c(c(O)c31)C(=O)c1c(cc(O)c(Cl)c1O)C4(C)C)O2. The van der Waals surface area contributed by atoms with E-state index in [2.05, 4.69) is 0 Å². The van der Waals surface area contributed by atoms with Gasteiger partial charge in [0.2, 0.25) is 11.6 Å². The molecule has 3 aromatic rings. The molecule has 3 aromatic carbocycles. The lowest BCUT2D eigenvalue weighted by atomic mass is 9.66. The number of rotatable bonds is 0. The number of phenolic OH excluding ortho intramolecular Hbond substituents is 4. The molecule has 2 heterocycles. The van der Waals surface area contributed by atoms with Crippen molar-refractivity contribution in [2.24, 2.45) is 0 Å². The molecule has 2 atom stereocenters. The molecule has 6 rings (SSSR count). The van der Waals surface area contributed by atoms with Gasteiger partial charge in [-0.15, -0.1) is 0 Å². The monoisotopic (exact) mass is 528 g/mol. The zero-order valence-electron chi connectivity index (χ0n) is 19.8. The molecule has 7 nitrogen and oxygen atoms in total. The number of aromatic hydroxyl groups is 4. The molecule has 0 saturated carbocycles. The summed E-state index contributed by atoms with van der Waals surface area (Å²) in [5.74, 6) is -2.75. The molecule has 2 bridgehead atoms. The van der Waals surface area contributed by atoms with Gasteiger partial charge in [-0.3, -0.25) is 4.79 Å². The molecule has 9 heteroatoms. The highest BCUT2D eigenvalue weighted by Gasteiger charge is 2.50. The quantitative estimate of drug-likeness (QED) is 0.292. The van der Waals surface area contributed by atoms with Crippen molar-refractivity contribution in [2.75, 3.05) is 0 Å². The second-order valence-corrected chi connectivity index (χ2v) is 11.1. The van der Waals surface area contributed by atoms with Crippen LogP contribution in [-0.4, -0.2) is 32.0 Å². The van der Waals surface area contributed by atoms with E-state index >= 15 is 0 Å². The smallest absolute Gasteiger partial charge is 0.212 e. The number of fused-ring (bicyclic) bond motifs is 8. The Hall–Kier alpha value is -3.13. The van der Waals surface area contributed by atoms with Gasteiger partial charge in [0.15, 0.2) is 5.75 Å². The van der Waals surface area contributed by atoms with Crippen LogP contribution in [0.3, 0.4) is 0 Å². The van der Waals surface area contributed by atoms with Crippen molar-refractivity contribution in [3.63, 3.8) is 0 Å². The number of aryl methyl sites for hydroxylation is 1. The largest absolute Gasteiger partial charge is 0.507 e. The summed E-state index contributed by atoms with van der Waals surface area (Å²) in [5, 5.41) is 42.6. The highest BCUT2D eigenvalue weighted by molar-refractivity contribution is 6.35. The van der Waals surface area contributed by atoms with Crippen LogP contribution in [0.15, 0.2) is 18.2 Å². The fraction of sp³-hybridized carbons (Fsp3) is 0.296. The highest BCUT2D eigenvalue weighted by Crippen LogP contribution is 2.58. The van der Waals surface area contributed by atoms with Crippen LogP contribution in [0.5, 0.6) is 28.7 Å². The standard InChI is InChI=1S/C27H22Cl2O7/c1-9-5-13(30)20(29)25-15(9)24-16-10(8-27(4,35-24)36-25)6-11-17(21(16)32)22(33)18-12(26(11,2)3)7-14(31)19(28)23(18)34/h5-7,24,30-32,34H,8H2,1-4H3. The van der Waals surface area contributed by atoms with E-state index in [-0.39, 0.29) is 50.6 Å². The Morgan fingerprint density at radius 3 is 2.19 bits per heavy atom. The minimum Gasteiger partial charge on any atom is -0.507 e. The van der Waals surface area contributed by atoms with Crippen LogP contribution >= 0.6 is 23.2 Å². The molecule has 0 aromatic heterocycles. The maximum Gasteiger partial charge on any atom is 0.212 e. The molecule has 0 spiro atoms. The topological polar surface area (TPSA) is 116 Å². The van der Waals surface area contributed by atoms with Gasteiger partial charge < -0.3 is 29.9 Å².